The van der Waals surface area contributed by atoms with Gasteiger partial charge in [0.1, 0.15) is 11.2 Å². The number of para-hydroxylation sites is 1. The highest BCUT2D eigenvalue weighted by molar-refractivity contribution is 6.10. The Morgan fingerprint density at radius 3 is 1.59 bits per heavy atom. The molecule has 254 valence electrons. The Hall–Kier alpha value is -7.16. The van der Waals surface area contributed by atoms with Crippen LogP contribution in [0.15, 0.2) is 217 Å². The van der Waals surface area contributed by atoms with Gasteiger partial charge in [-0.3, -0.25) is 0 Å². The van der Waals surface area contributed by atoms with E-state index in [0.29, 0.717) is 5.56 Å². The van der Waals surface area contributed by atoms with Gasteiger partial charge in [-0.15, -0.1) is 0 Å². The third kappa shape index (κ3) is 5.81. The van der Waals surface area contributed by atoms with E-state index in [4.69, 9.17) is 11.3 Å². The molecular formula is C52H35NO. The monoisotopic (exact) mass is 694 g/mol. The standard InChI is InChI=1S/C52H35NO/c1-3-10-36(11-4-1)38-20-27-45(28-21-38)53(46-29-22-39(23-30-46)43-19-18-37-12-7-8-15-42(37)34-43)47-31-24-40(25-32-47)44-26-33-51-50(35-44)49-17-9-16-48(52(49)54-51)41-13-5-2-6-14-41/h1-35H/i1D,3D,4D,10D,11D. The largest absolute Gasteiger partial charge is 0.455 e. The summed E-state index contributed by atoms with van der Waals surface area (Å²) in [6.07, 6.45) is 0. The van der Waals surface area contributed by atoms with Crippen molar-refractivity contribution in [3.8, 4) is 44.5 Å². The first-order valence-corrected chi connectivity index (χ1v) is 18.0. The van der Waals surface area contributed by atoms with Crippen LogP contribution in [0.4, 0.5) is 17.1 Å². The normalized spacial score (nSPS) is 12.6. The van der Waals surface area contributed by atoms with Gasteiger partial charge in [-0.05, 0) is 104 Å². The predicted octanol–water partition coefficient (Wildman–Crippen LogP) is 14.9. The number of benzene rings is 9. The van der Waals surface area contributed by atoms with Gasteiger partial charge in [-0.25, -0.2) is 0 Å². The molecule has 54 heavy (non-hydrogen) atoms. The predicted molar refractivity (Wildman–Crippen MR) is 228 cm³/mol. The molecule has 2 heteroatoms. The van der Waals surface area contributed by atoms with Gasteiger partial charge in [0.05, 0.1) is 6.85 Å². The van der Waals surface area contributed by atoms with Gasteiger partial charge in [0, 0.05) is 33.4 Å². The van der Waals surface area contributed by atoms with Crippen LogP contribution in [0.5, 0.6) is 0 Å². The molecule has 0 aliphatic heterocycles. The Kier molecular flexibility index (Phi) is 6.61. The van der Waals surface area contributed by atoms with Crippen molar-refractivity contribution in [2.24, 2.45) is 0 Å². The van der Waals surface area contributed by atoms with Gasteiger partial charge in [-0.1, -0.05) is 158 Å². The van der Waals surface area contributed by atoms with Crippen LogP contribution in [0.1, 0.15) is 6.85 Å². The van der Waals surface area contributed by atoms with Crippen LogP contribution >= 0.6 is 0 Å². The number of fused-ring (bicyclic) bond motifs is 4. The zero-order valence-corrected chi connectivity index (χ0v) is 29.2. The number of nitrogens with zero attached hydrogens (tertiary/aromatic N) is 1. The molecule has 0 atom stereocenters. The maximum absolute atomic E-state index is 8.54. The first kappa shape index (κ1) is 26.6. The highest BCUT2D eigenvalue weighted by Gasteiger charge is 2.16. The molecule has 0 bridgehead atoms. The van der Waals surface area contributed by atoms with Gasteiger partial charge >= 0.3 is 0 Å². The van der Waals surface area contributed by atoms with E-state index in [2.05, 4.69) is 138 Å². The van der Waals surface area contributed by atoms with Gasteiger partial charge in [0.15, 0.2) is 0 Å². The van der Waals surface area contributed by atoms with Crippen molar-refractivity contribution in [2.45, 2.75) is 0 Å². The highest BCUT2D eigenvalue weighted by atomic mass is 16.3. The molecule has 0 saturated carbocycles. The lowest BCUT2D eigenvalue weighted by molar-refractivity contribution is 0.670. The molecule has 0 aliphatic rings. The van der Waals surface area contributed by atoms with Crippen LogP contribution in [0.25, 0.3) is 77.2 Å². The molecule has 2 nitrogen and oxygen atoms in total. The van der Waals surface area contributed by atoms with Crippen molar-refractivity contribution in [1.82, 2.24) is 0 Å². The number of hydrogen-bond acceptors (Lipinski definition) is 2. The second-order valence-corrected chi connectivity index (χ2v) is 13.4. The van der Waals surface area contributed by atoms with E-state index >= 15 is 0 Å². The summed E-state index contributed by atoms with van der Waals surface area (Å²) >= 11 is 0. The number of hydrogen-bond donors (Lipinski definition) is 0. The number of furan rings is 1. The minimum Gasteiger partial charge on any atom is -0.455 e. The summed E-state index contributed by atoms with van der Waals surface area (Å²) in [6.45, 7) is 0. The van der Waals surface area contributed by atoms with Crippen molar-refractivity contribution in [3.63, 3.8) is 0 Å². The molecule has 0 unspecified atom stereocenters. The molecule has 1 aromatic heterocycles. The van der Waals surface area contributed by atoms with Crippen molar-refractivity contribution in [1.29, 1.82) is 0 Å². The van der Waals surface area contributed by atoms with E-state index in [1.807, 2.05) is 48.5 Å². The Morgan fingerprint density at radius 2 is 0.926 bits per heavy atom. The van der Waals surface area contributed by atoms with Gasteiger partial charge < -0.3 is 9.32 Å². The summed E-state index contributed by atoms with van der Waals surface area (Å²) in [4.78, 5) is 2.16. The molecule has 0 fully saturated rings. The summed E-state index contributed by atoms with van der Waals surface area (Å²) < 4.78 is 48.0. The van der Waals surface area contributed by atoms with Gasteiger partial charge in [-0.2, -0.15) is 0 Å². The molecule has 0 spiro atoms. The average molecular weight is 695 g/mol. The molecule has 10 aromatic rings. The number of anilines is 3. The average Bonchev–Trinajstić information content (AvgIpc) is 3.67. The maximum atomic E-state index is 8.54. The van der Waals surface area contributed by atoms with E-state index in [9.17, 15) is 0 Å². The lowest BCUT2D eigenvalue weighted by atomic mass is 9.99. The zero-order chi connectivity index (χ0) is 40.2. The zero-order valence-electron chi connectivity index (χ0n) is 34.2. The topological polar surface area (TPSA) is 16.4 Å². The lowest BCUT2D eigenvalue weighted by Crippen LogP contribution is -2.09. The molecule has 0 amide bonds. The summed E-state index contributed by atoms with van der Waals surface area (Å²) in [5.74, 6) is 0. The quantitative estimate of drug-likeness (QED) is 0.165. The summed E-state index contributed by atoms with van der Waals surface area (Å²) in [6, 6.07) is 60.8. The van der Waals surface area contributed by atoms with Crippen LogP contribution in [-0.4, -0.2) is 0 Å². The maximum Gasteiger partial charge on any atom is 0.143 e. The van der Waals surface area contributed by atoms with Gasteiger partial charge in [0.2, 0.25) is 0 Å². The Balaban J connectivity index is 1.03. The first-order chi connectivity index (χ1) is 28.8. The van der Waals surface area contributed by atoms with Crippen molar-refractivity contribution in [2.75, 3.05) is 4.90 Å². The Labute approximate surface area is 321 Å². The Bertz CT molecular complexity index is 3170. The molecule has 9 aromatic carbocycles. The SMILES string of the molecule is [2H]c1c([2H])c([2H])c(-c2ccc(N(c3ccc(-c4ccc5ccccc5c4)cc3)c3ccc(-c4ccc5oc6c(-c7ccccc7)cccc6c5c4)cc3)cc2)c([2H])c1[2H]. The van der Waals surface area contributed by atoms with Crippen molar-refractivity contribution < 1.29 is 11.3 Å². The lowest BCUT2D eigenvalue weighted by Gasteiger charge is -2.26. The fourth-order valence-electron chi connectivity index (χ4n) is 7.42. The fourth-order valence-corrected chi connectivity index (χ4v) is 7.42. The van der Waals surface area contributed by atoms with Crippen LogP contribution in [0.3, 0.4) is 0 Å². The van der Waals surface area contributed by atoms with Crippen LogP contribution in [-0.2, 0) is 0 Å². The Morgan fingerprint density at radius 1 is 0.370 bits per heavy atom. The summed E-state index contributed by atoms with van der Waals surface area (Å²) in [7, 11) is 0. The van der Waals surface area contributed by atoms with Gasteiger partial charge in [0.25, 0.3) is 0 Å². The molecule has 1 heterocycles. The van der Waals surface area contributed by atoms with E-state index in [0.717, 1.165) is 72.4 Å². The molecular weight excluding hydrogens is 655 g/mol. The second-order valence-electron chi connectivity index (χ2n) is 13.4. The molecule has 0 saturated heterocycles. The molecule has 0 N–H and O–H groups in total. The smallest absolute Gasteiger partial charge is 0.143 e. The molecule has 10 rings (SSSR count). The van der Waals surface area contributed by atoms with Crippen LogP contribution in [0.2, 0.25) is 0 Å². The molecule has 0 aliphatic carbocycles. The van der Waals surface area contributed by atoms with E-state index in [-0.39, 0.29) is 29.7 Å². The second kappa shape index (κ2) is 13.4. The number of rotatable bonds is 7. The third-order valence-corrected chi connectivity index (χ3v) is 10.2. The van der Waals surface area contributed by atoms with Crippen molar-refractivity contribution in [3.05, 3.63) is 212 Å². The van der Waals surface area contributed by atoms with Crippen LogP contribution in [0, 0.1) is 0 Å². The summed E-state index contributed by atoms with van der Waals surface area (Å²) in [5, 5.41) is 4.52. The van der Waals surface area contributed by atoms with E-state index in [1.54, 1.807) is 0 Å². The minimum absolute atomic E-state index is 0.178. The highest BCUT2D eigenvalue weighted by Crippen LogP contribution is 2.40. The summed E-state index contributed by atoms with van der Waals surface area (Å²) in [5.41, 5.74) is 11.7. The van der Waals surface area contributed by atoms with E-state index < -0.39 is 6.04 Å². The van der Waals surface area contributed by atoms with Crippen LogP contribution < -0.4 is 4.90 Å². The van der Waals surface area contributed by atoms with Crippen molar-refractivity contribution >= 4 is 49.8 Å². The fraction of sp³-hybridized carbons (Fsp3) is 0. The van der Waals surface area contributed by atoms with E-state index in [1.165, 1.54) is 10.8 Å². The minimum atomic E-state index is -0.405. The third-order valence-electron chi connectivity index (χ3n) is 10.2. The molecule has 0 radical (unpaired) electrons. The first-order valence-electron chi connectivity index (χ1n) is 20.5.